The molecule has 1 N–H and O–H groups in total. The number of halogens is 1. The molecule has 0 saturated carbocycles. The van der Waals surface area contributed by atoms with Crippen molar-refractivity contribution in [2.24, 2.45) is 0 Å². The highest BCUT2D eigenvalue weighted by molar-refractivity contribution is 5.98. The number of nitrogens with one attached hydrogen (secondary N) is 1. The summed E-state index contributed by atoms with van der Waals surface area (Å²) in [6.45, 7) is 1.58. The Morgan fingerprint density at radius 3 is 2.55 bits per heavy atom. The van der Waals surface area contributed by atoms with Crippen LogP contribution in [-0.4, -0.2) is 5.91 Å². The summed E-state index contributed by atoms with van der Waals surface area (Å²) in [6.07, 6.45) is 0. The summed E-state index contributed by atoms with van der Waals surface area (Å²) in [5, 5.41) is 11.8. The summed E-state index contributed by atoms with van der Waals surface area (Å²) in [5.41, 5.74) is 1.35. The van der Waals surface area contributed by atoms with Crippen molar-refractivity contribution in [3.05, 3.63) is 65.5 Å². The van der Waals surface area contributed by atoms with E-state index in [0.717, 1.165) is 0 Å². The molecule has 100 valence electrons. The number of benzene rings is 2. The van der Waals surface area contributed by atoms with Crippen molar-refractivity contribution in [3.63, 3.8) is 0 Å². The molecule has 4 heteroatoms. The SMILES string of the molecule is Cc1c(F)cccc1NC(=O)C(C#N)c1ccccc1. The van der Waals surface area contributed by atoms with E-state index in [2.05, 4.69) is 5.32 Å². The average molecular weight is 268 g/mol. The second kappa shape index (κ2) is 5.98. The monoisotopic (exact) mass is 268 g/mol. The molecule has 0 saturated heterocycles. The molecule has 0 aliphatic heterocycles. The Labute approximate surface area is 116 Å². The molecule has 0 spiro atoms. The maximum Gasteiger partial charge on any atom is 0.246 e. The fourth-order valence-electron chi connectivity index (χ4n) is 1.88. The molecule has 0 aliphatic rings. The molecule has 0 heterocycles. The first-order chi connectivity index (χ1) is 9.63. The Morgan fingerprint density at radius 2 is 1.90 bits per heavy atom. The van der Waals surface area contributed by atoms with E-state index < -0.39 is 17.6 Å². The summed E-state index contributed by atoms with van der Waals surface area (Å²) in [4.78, 5) is 12.2. The van der Waals surface area contributed by atoms with E-state index in [-0.39, 0.29) is 0 Å². The number of nitriles is 1. The van der Waals surface area contributed by atoms with E-state index in [4.69, 9.17) is 5.26 Å². The van der Waals surface area contributed by atoms with E-state index in [9.17, 15) is 9.18 Å². The molecule has 2 aromatic carbocycles. The van der Waals surface area contributed by atoms with Gasteiger partial charge in [0.15, 0.2) is 5.92 Å². The van der Waals surface area contributed by atoms with Crippen molar-refractivity contribution >= 4 is 11.6 Å². The molecule has 1 atom stereocenters. The van der Waals surface area contributed by atoms with Gasteiger partial charge in [-0.25, -0.2) is 4.39 Å². The van der Waals surface area contributed by atoms with Crippen LogP contribution in [0.4, 0.5) is 10.1 Å². The summed E-state index contributed by atoms with van der Waals surface area (Å²) in [6, 6.07) is 15.2. The first kappa shape index (κ1) is 13.8. The smallest absolute Gasteiger partial charge is 0.246 e. The first-order valence-corrected chi connectivity index (χ1v) is 6.14. The van der Waals surface area contributed by atoms with Gasteiger partial charge in [0.1, 0.15) is 5.82 Å². The lowest BCUT2D eigenvalue weighted by molar-refractivity contribution is -0.116. The standard InChI is InChI=1S/C16H13FN2O/c1-11-14(17)8-5-9-15(11)19-16(20)13(10-18)12-6-3-2-4-7-12/h2-9,13H,1H3,(H,19,20). The minimum atomic E-state index is -0.918. The zero-order valence-electron chi connectivity index (χ0n) is 10.9. The van der Waals surface area contributed by atoms with Crippen molar-refractivity contribution in [1.82, 2.24) is 0 Å². The molecule has 2 rings (SSSR count). The molecule has 1 unspecified atom stereocenters. The van der Waals surface area contributed by atoms with Gasteiger partial charge in [-0.2, -0.15) is 5.26 Å². The predicted molar refractivity (Wildman–Crippen MR) is 74.6 cm³/mol. The van der Waals surface area contributed by atoms with Gasteiger partial charge in [0, 0.05) is 11.3 Å². The number of hydrogen-bond donors (Lipinski definition) is 1. The molecule has 0 radical (unpaired) electrons. The highest BCUT2D eigenvalue weighted by atomic mass is 19.1. The van der Waals surface area contributed by atoms with Crippen molar-refractivity contribution < 1.29 is 9.18 Å². The quantitative estimate of drug-likeness (QED) is 0.927. The third kappa shape index (κ3) is 2.83. The van der Waals surface area contributed by atoms with Gasteiger partial charge in [-0.1, -0.05) is 36.4 Å². The van der Waals surface area contributed by atoms with Crippen LogP contribution in [0.2, 0.25) is 0 Å². The number of hydrogen-bond acceptors (Lipinski definition) is 2. The van der Waals surface area contributed by atoms with Crippen LogP contribution in [0.3, 0.4) is 0 Å². The largest absolute Gasteiger partial charge is 0.324 e. The molecule has 0 aliphatic carbocycles. The second-order valence-electron chi connectivity index (χ2n) is 4.37. The van der Waals surface area contributed by atoms with Gasteiger partial charge < -0.3 is 5.32 Å². The fourth-order valence-corrected chi connectivity index (χ4v) is 1.88. The predicted octanol–water partition coefficient (Wildman–Crippen LogP) is 3.38. The Morgan fingerprint density at radius 1 is 1.20 bits per heavy atom. The van der Waals surface area contributed by atoms with Crippen LogP contribution < -0.4 is 5.32 Å². The maximum atomic E-state index is 13.4. The van der Waals surface area contributed by atoms with Gasteiger partial charge >= 0.3 is 0 Å². The number of rotatable bonds is 3. The summed E-state index contributed by atoms with van der Waals surface area (Å²) in [5.74, 6) is -1.78. The van der Waals surface area contributed by atoms with E-state index in [1.165, 1.54) is 12.1 Å². The zero-order chi connectivity index (χ0) is 14.5. The number of amides is 1. The topological polar surface area (TPSA) is 52.9 Å². The van der Waals surface area contributed by atoms with Crippen LogP contribution in [0.1, 0.15) is 17.0 Å². The number of nitrogens with zero attached hydrogens (tertiary/aromatic N) is 1. The first-order valence-electron chi connectivity index (χ1n) is 6.14. The van der Waals surface area contributed by atoms with Crippen molar-refractivity contribution in [2.75, 3.05) is 5.32 Å². The van der Waals surface area contributed by atoms with Crippen LogP contribution in [0.25, 0.3) is 0 Å². The highest BCUT2D eigenvalue weighted by Gasteiger charge is 2.20. The van der Waals surface area contributed by atoms with Crippen molar-refractivity contribution in [2.45, 2.75) is 12.8 Å². The van der Waals surface area contributed by atoms with Crippen LogP contribution >= 0.6 is 0 Å². The van der Waals surface area contributed by atoms with E-state index >= 15 is 0 Å². The number of anilines is 1. The van der Waals surface area contributed by atoms with Crippen molar-refractivity contribution in [3.8, 4) is 6.07 Å². The molecule has 2 aromatic rings. The fraction of sp³-hybridized carbons (Fsp3) is 0.125. The molecule has 3 nitrogen and oxygen atoms in total. The Hall–Kier alpha value is -2.67. The van der Waals surface area contributed by atoms with Crippen LogP contribution in [0.5, 0.6) is 0 Å². The normalized spacial score (nSPS) is 11.4. The molecule has 20 heavy (non-hydrogen) atoms. The second-order valence-corrected chi connectivity index (χ2v) is 4.37. The molecular formula is C16H13FN2O. The minimum Gasteiger partial charge on any atom is -0.324 e. The van der Waals surface area contributed by atoms with Gasteiger partial charge in [-0.3, -0.25) is 4.79 Å². The van der Waals surface area contributed by atoms with E-state index in [1.807, 2.05) is 12.1 Å². The van der Waals surface area contributed by atoms with Crippen molar-refractivity contribution in [1.29, 1.82) is 5.26 Å². The summed E-state index contributed by atoms with van der Waals surface area (Å²) < 4.78 is 13.4. The minimum absolute atomic E-state index is 0.352. The molecule has 1 amide bonds. The average Bonchev–Trinajstić information content (AvgIpc) is 2.46. The van der Waals surface area contributed by atoms with E-state index in [0.29, 0.717) is 16.8 Å². The molecule has 0 fully saturated rings. The Balaban J connectivity index is 2.23. The van der Waals surface area contributed by atoms with Gasteiger partial charge in [0.25, 0.3) is 0 Å². The lowest BCUT2D eigenvalue weighted by Gasteiger charge is -2.12. The molecule has 0 aromatic heterocycles. The number of carbonyl (C=O) groups excluding carboxylic acids is 1. The van der Waals surface area contributed by atoms with Gasteiger partial charge in [0.05, 0.1) is 6.07 Å². The lowest BCUT2D eigenvalue weighted by atomic mass is 9.99. The van der Waals surface area contributed by atoms with Crippen LogP contribution in [0.15, 0.2) is 48.5 Å². The maximum absolute atomic E-state index is 13.4. The number of carbonyl (C=O) groups is 1. The zero-order valence-corrected chi connectivity index (χ0v) is 10.9. The van der Waals surface area contributed by atoms with Crippen LogP contribution in [-0.2, 0) is 4.79 Å². The van der Waals surface area contributed by atoms with Gasteiger partial charge in [-0.05, 0) is 24.6 Å². The van der Waals surface area contributed by atoms with Gasteiger partial charge in [0.2, 0.25) is 5.91 Å². The van der Waals surface area contributed by atoms with Crippen LogP contribution in [0, 0.1) is 24.1 Å². The lowest BCUT2D eigenvalue weighted by Crippen LogP contribution is -2.20. The third-order valence-corrected chi connectivity index (χ3v) is 3.05. The Bertz CT molecular complexity index is 662. The molecule has 0 bridgehead atoms. The summed E-state index contributed by atoms with van der Waals surface area (Å²) >= 11 is 0. The highest BCUT2D eigenvalue weighted by Crippen LogP contribution is 2.21. The van der Waals surface area contributed by atoms with E-state index in [1.54, 1.807) is 37.3 Å². The summed E-state index contributed by atoms with van der Waals surface area (Å²) in [7, 11) is 0. The Kier molecular flexibility index (Phi) is 4.11. The molecular weight excluding hydrogens is 255 g/mol. The third-order valence-electron chi connectivity index (χ3n) is 3.05. The van der Waals surface area contributed by atoms with Gasteiger partial charge in [-0.15, -0.1) is 0 Å².